The van der Waals surface area contributed by atoms with E-state index in [0.29, 0.717) is 11.7 Å². The van der Waals surface area contributed by atoms with Crippen LogP contribution in [-0.4, -0.2) is 57.0 Å². The second-order valence-electron chi connectivity index (χ2n) is 7.00. The van der Waals surface area contributed by atoms with Gasteiger partial charge in [0.2, 0.25) is 5.91 Å². The lowest BCUT2D eigenvalue weighted by Gasteiger charge is -2.15. The van der Waals surface area contributed by atoms with Gasteiger partial charge in [-0.15, -0.1) is 21.5 Å². The van der Waals surface area contributed by atoms with Crippen LogP contribution in [0.4, 0.5) is 0 Å². The van der Waals surface area contributed by atoms with E-state index in [2.05, 4.69) is 38.0 Å². The maximum atomic E-state index is 12.2. The van der Waals surface area contributed by atoms with Crippen LogP contribution in [0.1, 0.15) is 26.2 Å². The molecular weight excluding hydrogens is 366 g/mol. The van der Waals surface area contributed by atoms with E-state index in [1.807, 2.05) is 11.4 Å². The standard InChI is InChI=1S/C18H25N5OS2/c1-2-23-17(15-4-3-9-25-15)20-21-18(23)26-12-16(24)19-10-13-7-8-22(11-13)14-5-6-14/h3-4,9,13-14H,2,5-8,10-12H2,1H3,(H,19,24). The Morgan fingerprint density at radius 1 is 1.38 bits per heavy atom. The molecule has 2 fully saturated rings. The Hall–Kier alpha value is -1.38. The Morgan fingerprint density at radius 3 is 3.00 bits per heavy atom. The van der Waals surface area contributed by atoms with Crippen molar-refractivity contribution in [3.8, 4) is 10.7 Å². The summed E-state index contributed by atoms with van der Waals surface area (Å²) in [6, 6.07) is 4.90. The van der Waals surface area contributed by atoms with Gasteiger partial charge in [-0.2, -0.15) is 0 Å². The summed E-state index contributed by atoms with van der Waals surface area (Å²) in [4.78, 5) is 15.9. The topological polar surface area (TPSA) is 63.1 Å². The number of hydrogen-bond donors (Lipinski definition) is 1. The Labute approximate surface area is 162 Å². The van der Waals surface area contributed by atoms with Crippen molar-refractivity contribution in [2.45, 2.75) is 43.9 Å². The van der Waals surface area contributed by atoms with E-state index in [1.165, 1.54) is 37.6 Å². The Bertz CT molecular complexity index is 741. The van der Waals surface area contributed by atoms with Crippen molar-refractivity contribution in [3.05, 3.63) is 17.5 Å². The molecule has 1 unspecified atom stereocenters. The molecule has 26 heavy (non-hydrogen) atoms. The van der Waals surface area contributed by atoms with Gasteiger partial charge in [0.25, 0.3) is 0 Å². The van der Waals surface area contributed by atoms with E-state index in [1.54, 1.807) is 11.3 Å². The van der Waals surface area contributed by atoms with Gasteiger partial charge < -0.3 is 14.8 Å². The van der Waals surface area contributed by atoms with Crippen LogP contribution in [0, 0.1) is 5.92 Å². The van der Waals surface area contributed by atoms with Crippen LogP contribution in [0.25, 0.3) is 10.7 Å². The number of nitrogens with zero attached hydrogens (tertiary/aromatic N) is 4. The van der Waals surface area contributed by atoms with Crippen LogP contribution >= 0.6 is 23.1 Å². The molecule has 6 nitrogen and oxygen atoms in total. The van der Waals surface area contributed by atoms with Gasteiger partial charge in [0, 0.05) is 25.7 Å². The van der Waals surface area contributed by atoms with Gasteiger partial charge in [-0.05, 0) is 50.1 Å². The molecule has 0 aromatic carbocycles. The molecule has 2 aromatic heterocycles. The molecule has 1 amide bonds. The molecule has 1 saturated carbocycles. The Balaban J connectivity index is 1.25. The number of hydrogen-bond acceptors (Lipinski definition) is 6. The van der Waals surface area contributed by atoms with Gasteiger partial charge in [-0.1, -0.05) is 17.8 Å². The molecule has 2 aromatic rings. The van der Waals surface area contributed by atoms with Gasteiger partial charge in [0.05, 0.1) is 10.6 Å². The van der Waals surface area contributed by atoms with E-state index in [4.69, 9.17) is 0 Å². The fraction of sp³-hybridized carbons (Fsp3) is 0.611. The first kappa shape index (κ1) is 18.0. The highest BCUT2D eigenvalue weighted by atomic mass is 32.2. The van der Waals surface area contributed by atoms with E-state index >= 15 is 0 Å². The number of thiophene rings is 1. The minimum absolute atomic E-state index is 0.0863. The van der Waals surface area contributed by atoms with Crippen LogP contribution in [0.15, 0.2) is 22.7 Å². The summed E-state index contributed by atoms with van der Waals surface area (Å²) >= 11 is 3.12. The van der Waals surface area contributed by atoms with Gasteiger partial charge in [-0.25, -0.2) is 0 Å². The van der Waals surface area contributed by atoms with Gasteiger partial charge in [-0.3, -0.25) is 4.79 Å². The molecule has 140 valence electrons. The molecule has 1 atom stereocenters. The van der Waals surface area contributed by atoms with Crippen LogP contribution in [0.2, 0.25) is 0 Å². The predicted octanol–water partition coefficient (Wildman–Crippen LogP) is 2.72. The average Bonchev–Trinajstić information content (AvgIpc) is 3.07. The third-order valence-corrected chi connectivity index (χ3v) is 6.91. The molecule has 1 aliphatic heterocycles. The lowest BCUT2D eigenvalue weighted by Crippen LogP contribution is -2.32. The first-order valence-electron chi connectivity index (χ1n) is 9.35. The molecule has 2 aliphatic rings. The molecule has 3 heterocycles. The third kappa shape index (κ3) is 4.13. The lowest BCUT2D eigenvalue weighted by atomic mass is 10.1. The lowest BCUT2D eigenvalue weighted by molar-refractivity contribution is -0.118. The van der Waals surface area contributed by atoms with E-state index in [-0.39, 0.29) is 5.91 Å². The highest BCUT2D eigenvalue weighted by Gasteiger charge is 2.34. The molecule has 1 saturated heterocycles. The maximum Gasteiger partial charge on any atom is 0.230 e. The smallest absolute Gasteiger partial charge is 0.230 e. The molecular formula is C18H25N5OS2. The zero-order valence-corrected chi connectivity index (χ0v) is 16.7. The molecule has 1 aliphatic carbocycles. The zero-order chi connectivity index (χ0) is 17.9. The Morgan fingerprint density at radius 2 is 2.27 bits per heavy atom. The quantitative estimate of drug-likeness (QED) is 0.701. The number of thioether (sulfide) groups is 1. The van der Waals surface area contributed by atoms with Crippen molar-refractivity contribution in [1.82, 2.24) is 25.0 Å². The number of likely N-dealkylation sites (tertiary alicyclic amines) is 1. The van der Waals surface area contributed by atoms with Crippen molar-refractivity contribution >= 4 is 29.0 Å². The van der Waals surface area contributed by atoms with Crippen LogP contribution < -0.4 is 5.32 Å². The normalized spacial score (nSPS) is 20.6. The minimum atomic E-state index is 0.0863. The summed E-state index contributed by atoms with van der Waals surface area (Å²) in [6.45, 7) is 6.01. The molecule has 8 heteroatoms. The SMILES string of the molecule is CCn1c(SCC(=O)NCC2CCN(C3CC3)C2)nnc1-c1cccs1. The summed E-state index contributed by atoms with van der Waals surface area (Å²) < 4.78 is 2.08. The number of rotatable bonds is 8. The second kappa shape index (κ2) is 8.10. The average molecular weight is 392 g/mol. The molecule has 0 bridgehead atoms. The summed E-state index contributed by atoms with van der Waals surface area (Å²) in [7, 11) is 0. The number of aromatic nitrogens is 3. The highest BCUT2D eigenvalue weighted by molar-refractivity contribution is 7.99. The van der Waals surface area contributed by atoms with Crippen molar-refractivity contribution < 1.29 is 4.79 Å². The molecule has 1 N–H and O–H groups in total. The zero-order valence-electron chi connectivity index (χ0n) is 15.1. The molecule has 0 spiro atoms. The van der Waals surface area contributed by atoms with Gasteiger partial charge >= 0.3 is 0 Å². The highest BCUT2D eigenvalue weighted by Crippen LogP contribution is 2.31. The van der Waals surface area contributed by atoms with Crippen LogP contribution in [0.3, 0.4) is 0 Å². The minimum Gasteiger partial charge on any atom is -0.355 e. The number of amides is 1. The van der Waals surface area contributed by atoms with Crippen molar-refractivity contribution in [2.75, 3.05) is 25.4 Å². The molecule has 0 radical (unpaired) electrons. The first-order chi connectivity index (χ1) is 12.7. The largest absolute Gasteiger partial charge is 0.355 e. The number of carbonyl (C=O) groups excluding carboxylic acids is 1. The van der Waals surface area contributed by atoms with E-state index < -0.39 is 0 Å². The van der Waals surface area contributed by atoms with Crippen molar-refractivity contribution in [3.63, 3.8) is 0 Å². The van der Waals surface area contributed by atoms with Gasteiger partial charge in [0.15, 0.2) is 11.0 Å². The van der Waals surface area contributed by atoms with Crippen molar-refractivity contribution in [2.24, 2.45) is 5.92 Å². The predicted molar refractivity (Wildman–Crippen MR) is 105 cm³/mol. The fourth-order valence-corrected chi connectivity index (χ4v) is 5.06. The van der Waals surface area contributed by atoms with Crippen molar-refractivity contribution in [1.29, 1.82) is 0 Å². The summed E-state index contributed by atoms with van der Waals surface area (Å²) in [5, 5.41) is 14.6. The second-order valence-corrected chi connectivity index (χ2v) is 8.89. The van der Waals surface area contributed by atoms with E-state index in [9.17, 15) is 4.79 Å². The Kier molecular flexibility index (Phi) is 5.61. The number of carbonyl (C=O) groups is 1. The number of nitrogens with one attached hydrogen (secondary N) is 1. The fourth-order valence-electron chi connectivity index (χ4n) is 3.51. The van der Waals surface area contributed by atoms with Crippen LogP contribution in [-0.2, 0) is 11.3 Å². The summed E-state index contributed by atoms with van der Waals surface area (Å²) in [6.07, 6.45) is 3.93. The summed E-state index contributed by atoms with van der Waals surface area (Å²) in [5.41, 5.74) is 0. The maximum absolute atomic E-state index is 12.2. The van der Waals surface area contributed by atoms with Crippen LogP contribution in [0.5, 0.6) is 0 Å². The summed E-state index contributed by atoms with van der Waals surface area (Å²) in [5.74, 6) is 1.97. The van der Waals surface area contributed by atoms with Gasteiger partial charge in [0.1, 0.15) is 0 Å². The van der Waals surface area contributed by atoms with E-state index in [0.717, 1.165) is 41.5 Å². The molecule has 4 rings (SSSR count). The monoisotopic (exact) mass is 391 g/mol. The third-order valence-electron chi connectivity index (χ3n) is 5.08. The first-order valence-corrected chi connectivity index (χ1v) is 11.2.